The Balaban J connectivity index is 0.000000503. The number of ether oxygens (including phenoxy) is 4. The van der Waals surface area contributed by atoms with E-state index in [1.54, 1.807) is 12.5 Å². The highest BCUT2D eigenvalue weighted by Crippen LogP contribution is 2.27. The summed E-state index contributed by atoms with van der Waals surface area (Å²) in [6, 6.07) is 0. The fraction of sp³-hybridized carbons (Fsp3) is 0.652. The van der Waals surface area contributed by atoms with Crippen LogP contribution in [0.5, 0.6) is 0 Å². The van der Waals surface area contributed by atoms with Gasteiger partial charge in [-0.2, -0.15) is 0 Å². The fourth-order valence-electron chi connectivity index (χ4n) is 2.13. The first-order chi connectivity index (χ1) is 12.6. The molecule has 0 saturated heterocycles. The van der Waals surface area contributed by atoms with Gasteiger partial charge < -0.3 is 18.9 Å². The van der Waals surface area contributed by atoms with Crippen molar-refractivity contribution in [1.82, 2.24) is 0 Å². The van der Waals surface area contributed by atoms with E-state index in [1.807, 2.05) is 12.2 Å². The third-order valence-electron chi connectivity index (χ3n) is 4.53. The number of hydrogen-bond acceptors (Lipinski definition) is 4. The number of allylic oxidation sites excluding steroid dienone is 2. The van der Waals surface area contributed by atoms with Crippen LogP contribution < -0.4 is 0 Å². The van der Waals surface area contributed by atoms with Crippen molar-refractivity contribution in [1.29, 1.82) is 0 Å². The Morgan fingerprint density at radius 1 is 0.926 bits per heavy atom. The van der Waals surface area contributed by atoms with Crippen molar-refractivity contribution in [2.75, 3.05) is 26.4 Å². The molecule has 1 heterocycles. The zero-order chi connectivity index (χ0) is 20.8. The summed E-state index contributed by atoms with van der Waals surface area (Å²) in [5.41, 5.74) is 0.396. The number of hydrogen-bond donors (Lipinski definition) is 0. The van der Waals surface area contributed by atoms with Crippen LogP contribution in [0.1, 0.15) is 48.0 Å². The van der Waals surface area contributed by atoms with E-state index in [-0.39, 0.29) is 10.8 Å². The van der Waals surface area contributed by atoms with Gasteiger partial charge in [0.05, 0.1) is 51.5 Å². The van der Waals surface area contributed by atoms with Crippen LogP contribution in [0.3, 0.4) is 0 Å². The molecule has 0 saturated carbocycles. The maximum absolute atomic E-state index is 5.45. The predicted octanol–water partition coefficient (Wildman–Crippen LogP) is 6.08. The smallest absolute Gasteiger partial charge is 0.0938 e. The van der Waals surface area contributed by atoms with Gasteiger partial charge in [0.25, 0.3) is 0 Å². The molecule has 1 aliphatic heterocycles. The Bertz CT molecular complexity index is 424. The molecule has 4 nitrogen and oxygen atoms in total. The minimum atomic E-state index is 0.173. The van der Waals surface area contributed by atoms with Crippen LogP contribution in [-0.4, -0.2) is 26.4 Å². The second-order valence-corrected chi connectivity index (χ2v) is 8.77. The van der Waals surface area contributed by atoms with E-state index in [0.717, 1.165) is 19.6 Å². The van der Waals surface area contributed by atoms with Crippen molar-refractivity contribution in [3.05, 3.63) is 50.4 Å². The molecule has 4 heteroatoms. The molecule has 0 bridgehead atoms. The van der Waals surface area contributed by atoms with Gasteiger partial charge in [-0.3, -0.25) is 0 Å². The van der Waals surface area contributed by atoms with Crippen molar-refractivity contribution < 1.29 is 18.9 Å². The molecule has 0 radical (unpaired) electrons. The topological polar surface area (TPSA) is 36.9 Å². The summed E-state index contributed by atoms with van der Waals surface area (Å²) in [5.74, 6) is 0.776. The molecule has 0 unspecified atom stereocenters. The van der Waals surface area contributed by atoms with Gasteiger partial charge >= 0.3 is 0 Å². The second kappa shape index (κ2) is 13.3. The van der Waals surface area contributed by atoms with Gasteiger partial charge in [-0.15, -0.1) is 0 Å². The van der Waals surface area contributed by atoms with E-state index in [1.165, 1.54) is 12.5 Å². The highest BCUT2D eigenvalue weighted by Gasteiger charge is 2.26. The molecule has 0 amide bonds. The minimum Gasteiger partial charge on any atom is -0.501 e. The quantitative estimate of drug-likeness (QED) is 0.523. The summed E-state index contributed by atoms with van der Waals surface area (Å²) in [6.07, 6.45) is 11.4. The molecule has 0 N–H and O–H groups in total. The maximum atomic E-state index is 5.45. The molecule has 0 aromatic carbocycles. The van der Waals surface area contributed by atoms with E-state index in [2.05, 4.69) is 54.7 Å². The third-order valence-corrected chi connectivity index (χ3v) is 4.53. The predicted molar refractivity (Wildman–Crippen MR) is 113 cm³/mol. The van der Waals surface area contributed by atoms with Crippen molar-refractivity contribution in [3.8, 4) is 0 Å². The Hall–Kier alpha value is -1.84. The van der Waals surface area contributed by atoms with Crippen LogP contribution in [0.2, 0.25) is 0 Å². The van der Waals surface area contributed by atoms with Crippen LogP contribution in [0.25, 0.3) is 0 Å². The molecular formula is C23H40O4. The molecular weight excluding hydrogens is 340 g/mol. The van der Waals surface area contributed by atoms with Crippen LogP contribution in [-0.2, 0) is 18.9 Å². The zero-order valence-corrected chi connectivity index (χ0v) is 18.2. The molecule has 0 aromatic rings. The Morgan fingerprint density at radius 3 is 1.70 bits per heavy atom. The molecule has 0 fully saturated rings. The monoisotopic (exact) mass is 380 g/mol. The van der Waals surface area contributed by atoms with E-state index >= 15 is 0 Å². The second-order valence-electron chi connectivity index (χ2n) is 8.77. The molecule has 0 aliphatic carbocycles. The van der Waals surface area contributed by atoms with Gasteiger partial charge in [0.15, 0.2) is 0 Å². The van der Waals surface area contributed by atoms with Gasteiger partial charge in [0, 0.05) is 11.8 Å². The van der Waals surface area contributed by atoms with E-state index in [9.17, 15) is 0 Å². The molecule has 0 aromatic heterocycles. The van der Waals surface area contributed by atoms with Crippen LogP contribution >= 0.6 is 0 Å². The third kappa shape index (κ3) is 13.0. The summed E-state index contributed by atoms with van der Waals surface area (Å²) in [7, 11) is 0. The lowest BCUT2D eigenvalue weighted by atomic mass is 9.82. The fourth-order valence-corrected chi connectivity index (χ4v) is 2.13. The van der Waals surface area contributed by atoms with Crippen molar-refractivity contribution >= 4 is 0 Å². The highest BCUT2D eigenvalue weighted by molar-refractivity contribution is 4.88. The van der Waals surface area contributed by atoms with Crippen molar-refractivity contribution in [3.63, 3.8) is 0 Å². The highest BCUT2D eigenvalue weighted by atomic mass is 16.5. The normalized spacial score (nSPS) is 17.7. The van der Waals surface area contributed by atoms with Gasteiger partial charge in [-0.1, -0.05) is 54.7 Å². The first-order valence-corrected chi connectivity index (χ1v) is 9.61. The maximum Gasteiger partial charge on any atom is 0.0938 e. The number of rotatable bonds is 6. The van der Waals surface area contributed by atoms with Gasteiger partial charge in [0.1, 0.15) is 0 Å². The summed E-state index contributed by atoms with van der Waals surface area (Å²) in [6.45, 7) is 22.9. The molecule has 1 rings (SSSR count). The summed E-state index contributed by atoms with van der Waals surface area (Å²) < 4.78 is 21.2. The molecule has 156 valence electrons. The molecule has 0 spiro atoms. The molecule has 27 heavy (non-hydrogen) atoms. The molecule has 0 atom stereocenters. The van der Waals surface area contributed by atoms with E-state index in [4.69, 9.17) is 18.9 Å². The average Bonchev–Trinajstić information content (AvgIpc) is 2.58. The van der Waals surface area contributed by atoms with Crippen molar-refractivity contribution in [2.45, 2.75) is 48.0 Å². The average molecular weight is 381 g/mol. The Labute approximate surface area is 166 Å². The lowest BCUT2D eigenvalue weighted by Crippen LogP contribution is -2.28. The first-order valence-electron chi connectivity index (χ1n) is 9.61. The lowest BCUT2D eigenvalue weighted by Gasteiger charge is -2.29. The largest absolute Gasteiger partial charge is 0.501 e. The van der Waals surface area contributed by atoms with Gasteiger partial charge in [-0.05, 0) is 29.4 Å². The van der Waals surface area contributed by atoms with Gasteiger partial charge in [0.2, 0.25) is 0 Å². The van der Waals surface area contributed by atoms with Crippen molar-refractivity contribution in [2.24, 2.45) is 22.7 Å². The lowest BCUT2D eigenvalue weighted by molar-refractivity contribution is 0.0547. The standard InChI is InChI=1S/C12H20O2.C11H20O2/c1-12(2,3)11-9-13-7-5-4-6-8-14-10-11;1-6-12-8-10(9-13-7-2)11(3,4)5/h5-8,11H,4,9-10H2,1-3H3;6-7,10H,1-2,8-9H2,3-5H3. The summed E-state index contributed by atoms with van der Waals surface area (Å²) in [5, 5.41) is 0. The van der Waals surface area contributed by atoms with E-state index in [0.29, 0.717) is 25.0 Å². The Kier molecular flexibility index (Phi) is 12.4. The molecule has 1 aliphatic rings. The van der Waals surface area contributed by atoms with Crippen LogP contribution in [0, 0.1) is 22.7 Å². The zero-order valence-electron chi connectivity index (χ0n) is 18.2. The SMILES string of the molecule is C=COCC(COC=C)C(C)(C)C.CC(C)(C)C1COC=CCC=COC1. The summed E-state index contributed by atoms with van der Waals surface area (Å²) in [4.78, 5) is 0. The van der Waals surface area contributed by atoms with Crippen LogP contribution in [0.15, 0.2) is 50.4 Å². The van der Waals surface area contributed by atoms with E-state index < -0.39 is 0 Å². The summed E-state index contributed by atoms with van der Waals surface area (Å²) >= 11 is 0. The van der Waals surface area contributed by atoms with Crippen LogP contribution in [0.4, 0.5) is 0 Å². The first kappa shape index (κ1) is 25.2. The minimum absolute atomic E-state index is 0.173. The van der Waals surface area contributed by atoms with Gasteiger partial charge in [-0.25, -0.2) is 0 Å². The Morgan fingerprint density at radius 2 is 1.37 bits per heavy atom.